The Morgan fingerprint density at radius 3 is 3.00 bits per heavy atom. The van der Waals surface area contributed by atoms with Crippen LogP contribution in [0.1, 0.15) is 24.8 Å². The van der Waals surface area contributed by atoms with Gasteiger partial charge in [-0.15, -0.1) is 0 Å². The van der Waals surface area contributed by atoms with Gasteiger partial charge in [0.15, 0.2) is 0 Å². The molecular formula is C16H19FN2O2. The summed E-state index contributed by atoms with van der Waals surface area (Å²) >= 11 is 0. The van der Waals surface area contributed by atoms with Gasteiger partial charge in [-0.1, -0.05) is 0 Å². The molecule has 0 amide bonds. The Labute approximate surface area is 123 Å². The first-order valence-electron chi connectivity index (χ1n) is 7.43. The quantitative estimate of drug-likeness (QED) is 0.906. The van der Waals surface area contributed by atoms with Crippen molar-refractivity contribution in [3.05, 3.63) is 29.6 Å². The van der Waals surface area contributed by atoms with E-state index in [0.717, 1.165) is 25.1 Å². The number of ether oxygens (including phenoxy) is 1. The number of aliphatic hydroxyl groups is 1. The van der Waals surface area contributed by atoms with Crippen molar-refractivity contribution in [2.24, 2.45) is 5.92 Å². The lowest BCUT2D eigenvalue weighted by molar-refractivity contribution is -0.0437. The number of rotatable bonds is 2. The van der Waals surface area contributed by atoms with Crippen molar-refractivity contribution in [1.82, 2.24) is 0 Å². The standard InChI is InChI=1S/C16H19FN2O2/c17-12-3-4-14(11(8-12)9-18)19-6-1-2-15(19)13-10-21-7-5-16(13)20/h3-4,8,13,15-16,20H,1-2,5-7,10H2/t13-,15-,16-/m1/s1. The second-order valence-corrected chi connectivity index (χ2v) is 5.77. The number of nitriles is 1. The molecule has 1 aromatic carbocycles. The van der Waals surface area contributed by atoms with Gasteiger partial charge in [-0.25, -0.2) is 4.39 Å². The largest absolute Gasteiger partial charge is 0.393 e. The summed E-state index contributed by atoms with van der Waals surface area (Å²) in [5.41, 5.74) is 1.12. The zero-order valence-corrected chi connectivity index (χ0v) is 11.8. The first-order chi connectivity index (χ1) is 10.2. The van der Waals surface area contributed by atoms with Crippen LogP contribution in [0.3, 0.4) is 0 Å². The molecule has 0 aromatic heterocycles. The zero-order valence-electron chi connectivity index (χ0n) is 11.8. The molecule has 1 N–H and O–H groups in total. The summed E-state index contributed by atoms with van der Waals surface area (Å²) in [6.45, 7) is 1.98. The number of halogens is 1. The highest BCUT2D eigenvalue weighted by Crippen LogP contribution is 2.35. The van der Waals surface area contributed by atoms with Gasteiger partial charge in [0.1, 0.15) is 11.9 Å². The van der Waals surface area contributed by atoms with E-state index in [4.69, 9.17) is 4.74 Å². The number of hydrogen-bond acceptors (Lipinski definition) is 4. The number of hydrogen-bond donors (Lipinski definition) is 1. The highest BCUT2D eigenvalue weighted by molar-refractivity contribution is 5.60. The predicted octanol–water partition coefficient (Wildman–Crippen LogP) is 2.06. The van der Waals surface area contributed by atoms with E-state index in [-0.39, 0.29) is 18.1 Å². The van der Waals surface area contributed by atoms with Crippen LogP contribution in [0.4, 0.5) is 10.1 Å². The molecule has 0 radical (unpaired) electrons. The van der Waals surface area contributed by atoms with E-state index in [2.05, 4.69) is 11.0 Å². The first kappa shape index (κ1) is 14.3. The third kappa shape index (κ3) is 2.74. The Hall–Kier alpha value is -1.64. The van der Waals surface area contributed by atoms with E-state index in [1.54, 1.807) is 6.07 Å². The minimum atomic E-state index is -0.396. The van der Waals surface area contributed by atoms with Gasteiger partial charge in [0.25, 0.3) is 0 Å². The minimum absolute atomic E-state index is 0.0536. The molecule has 2 aliphatic heterocycles. The Morgan fingerprint density at radius 1 is 1.38 bits per heavy atom. The number of anilines is 1. The van der Waals surface area contributed by atoms with Crippen molar-refractivity contribution in [3.63, 3.8) is 0 Å². The Morgan fingerprint density at radius 2 is 2.24 bits per heavy atom. The molecule has 2 heterocycles. The average Bonchev–Trinajstić information content (AvgIpc) is 2.96. The third-order valence-electron chi connectivity index (χ3n) is 4.54. The van der Waals surface area contributed by atoms with Gasteiger partial charge < -0.3 is 14.7 Å². The zero-order chi connectivity index (χ0) is 14.8. The third-order valence-corrected chi connectivity index (χ3v) is 4.54. The van der Waals surface area contributed by atoms with Crippen LogP contribution in [0, 0.1) is 23.1 Å². The van der Waals surface area contributed by atoms with Gasteiger partial charge in [-0.3, -0.25) is 0 Å². The van der Waals surface area contributed by atoms with Crippen molar-refractivity contribution in [1.29, 1.82) is 5.26 Å². The molecule has 0 aliphatic carbocycles. The summed E-state index contributed by atoms with van der Waals surface area (Å²) in [4.78, 5) is 2.14. The fourth-order valence-electron chi connectivity index (χ4n) is 3.50. The van der Waals surface area contributed by atoms with Crippen LogP contribution < -0.4 is 4.90 Å². The maximum absolute atomic E-state index is 13.3. The fraction of sp³-hybridized carbons (Fsp3) is 0.562. The van der Waals surface area contributed by atoms with Crippen LogP contribution in [0.2, 0.25) is 0 Å². The van der Waals surface area contributed by atoms with E-state index in [0.29, 0.717) is 25.2 Å². The van der Waals surface area contributed by atoms with Crippen LogP contribution in [0.5, 0.6) is 0 Å². The lowest BCUT2D eigenvalue weighted by Crippen LogP contribution is -2.46. The SMILES string of the molecule is N#Cc1cc(F)ccc1N1CCC[C@@H]1[C@H]1COCC[C@H]1O. The van der Waals surface area contributed by atoms with Gasteiger partial charge in [0, 0.05) is 25.1 Å². The molecule has 0 spiro atoms. The van der Waals surface area contributed by atoms with Crippen molar-refractivity contribution in [2.45, 2.75) is 31.4 Å². The normalized spacial score (nSPS) is 29.4. The van der Waals surface area contributed by atoms with Crippen LogP contribution in [0.25, 0.3) is 0 Å². The van der Waals surface area contributed by atoms with Gasteiger partial charge in [0.2, 0.25) is 0 Å². The molecule has 5 heteroatoms. The van der Waals surface area contributed by atoms with Crippen LogP contribution in [0.15, 0.2) is 18.2 Å². The lowest BCUT2D eigenvalue weighted by atomic mass is 9.89. The molecule has 3 rings (SSSR count). The molecular weight excluding hydrogens is 271 g/mol. The second-order valence-electron chi connectivity index (χ2n) is 5.77. The van der Waals surface area contributed by atoms with Gasteiger partial charge in [0.05, 0.1) is 24.0 Å². The number of nitrogens with zero attached hydrogens (tertiary/aromatic N) is 2. The number of benzene rings is 1. The van der Waals surface area contributed by atoms with E-state index in [9.17, 15) is 14.8 Å². The molecule has 3 atom stereocenters. The average molecular weight is 290 g/mol. The molecule has 0 unspecified atom stereocenters. The monoisotopic (exact) mass is 290 g/mol. The maximum atomic E-state index is 13.3. The van der Waals surface area contributed by atoms with Crippen LogP contribution in [-0.2, 0) is 4.74 Å². The summed E-state index contributed by atoms with van der Waals surface area (Å²) in [6, 6.07) is 6.56. The van der Waals surface area contributed by atoms with E-state index < -0.39 is 5.82 Å². The molecule has 4 nitrogen and oxygen atoms in total. The molecule has 1 aromatic rings. The van der Waals surface area contributed by atoms with Gasteiger partial charge in [-0.05, 0) is 37.5 Å². The summed E-state index contributed by atoms with van der Waals surface area (Å²) < 4.78 is 18.8. The Balaban J connectivity index is 1.89. The van der Waals surface area contributed by atoms with E-state index >= 15 is 0 Å². The summed E-state index contributed by atoms with van der Waals surface area (Å²) in [5, 5.41) is 19.5. The first-order valence-corrected chi connectivity index (χ1v) is 7.43. The van der Waals surface area contributed by atoms with Crippen molar-refractivity contribution >= 4 is 5.69 Å². The van der Waals surface area contributed by atoms with Crippen LogP contribution >= 0.6 is 0 Å². The second kappa shape index (κ2) is 6.00. The topological polar surface area (TPSA) is 56.5 Å². The molecule has 0 bridgehead atoms. The summed E-state index contributed by atoms with van der Waals surface area (Å²) in [7, 11) is 0. The van der Waals surface area contributed by atoms with Gasteiger partial charge in [-0.2, -0.15) is 5.26 Å². The predicted molar refractivity (Wildman–Crippen MR) is 76.4 cm³/mol. The Kier molecular flexibility index (Phi) is 4.09. The van der Waals surface area contributed by atoms with E-state index in [1.807, 2.05) is 0 Å². The summed E-state index contributed by atoms with van der Waals surface area (Å²) in [6.07, 6.45) is 2.27. The highest BCUT2D eigenvalue weighted by atomic mass is 19.1. The van der Waals surface area contributed by atoms with Crippen LogP contribution in [-0.4, -0.2) is 37.0 Å². The smallest absolute Gasteiger partial charge is 0.124 e. The van der Waals surface area contributed by atoms with E-state index in [1.165, 1.54) is 12.1 Å². The maximum Gasteiger partial charge on any atom is 0.124 e. The minimum Gasteiger partial charge on any atom is -0.393 e. The molecule has 2 fully saturated rings. The van der Waals surface area contributed by atoms with Crippen molar-refractivity contribution in [2.75, 3.05) is 24.7 Å². The van der Waals surface area contributed by atoms with Crippen molar-refractivity contribution < 1.29 is 14.2 Å². The molecule has 21 heavy (non-hydrogen) atoms. The molecule has 2 aliphatic rings. The molecule has 0 saturated carbocycles. The lowest BCUT2D eigenvalue weighted by Gasteiger charge is -2.38. The highest BCUT2D eigenvalue weighted by Gasteiger charge is 2.38. The fourth-order valence-corrected chi connectivity index (χ4v) is 3.50. The molecule has 112 valence electrons. The molecule has 2 saturated heterocycles. The van der Waals surface area contributed by atoms with Crippen molar-refractivity contribution in [3.8, 4) is 6.07 Å². The van der Waals surface area contributed by atoms with Gasteiger partial charge >= 0.3 is 0 Å². The summed E-state index contributed by atoms with van der Waals surface area (Å²) in [5.74, 6) is -0.343. The number of aliphatic hydroxyl groups excluding tert-OH is 1. The Bertz CT molecular complexity index is 558.